The molecule has 1 amide bonds. The van der Waals surface area contributed by atoms with Crippen LogP contribution < -0.4 is 0 Å². The molecule has 8 nitrogen and oxygen atoms in total. The Balaban J connectivity index is 1.91. The van der Waals surface area contributed by atoms with Crippen LogP contribution in [-0.4, -0.2) is 53.6 Å². The highest BCUT2D eigenvalue weighted by atomic mass is 32.2. The van der Waals surface area contributed by atoms with Crippen LogP contribution in [0.5, 0.6) is 0 Å². The van der Waals surface area contributed by atoms with E-state index >= 15 is 0 Å². The SMILES string of the molecule is C[C@H]1CCCCN1C(=O)[C@H]1CCCCN1S(=O)(=O)c1cccc([N+](=O)[O-])c1. The van der Waals surface area contributed by atoms with Gasteiger partial charge in [0.2, 0.25) is 15.9 Å². The number of nitro groups is 1. The number of carbonyl (C=O) groups excluding carboxylic acids is 1. The average molecular weight is 395 g/mol. The molecule has 2 aliphatic heterocycles. The van der Waals surface area contributed by atoms with Gasteiger partial charge in [-0.15, -0.1) is 0 Å². The van der Waals surface area contributed by atoms with Crippen molar-refractivity contribution in [2.75, 3.05) is 13.1 Å². The van der Waals surface area contributed by atoms with Crippen LogP contribution in [0.25, 0.3) is 0 Å². The second kappa shape index (κ2) is 7.93. The van der Waals surface area contributed by atoms with E-state index in [-0.39, 0.29) is 29.1 Å². The molecule has 0 aliphatic carbocycles. The monoisotopic (exact) mass is 395 g/mol. The van der Waals surface area contributed by atoms with Crippen molar-refractivity contribution in [1.82, 2.24) is 9.21 Å². The molecule has 2 atom stereocenters. The van der Waals surface area contributed by atoms with Gasteiger partial charge in [-0.3, -0.25) is 14.9 Å². The van der Waals surface area contributed by atoms with Gasteiger partial charge in [0.1, 0.15) is 6.04 Å². The van der Waals surface area contributed by atoms with Crippen molar-refractivity contribution < 1.29 is 18.1 Å². The Morgan fingerprint density at radius 3 is 2.56 bits per heavy atom. The van der Waals surface area contributed by atoms with Crippen LogP contribution in [0.3, 0.4) is 0 Å². The Hall–Kier alpha value is -2.00. The molecule has 0 radical (unpaired) electrons. The minimum absolute atomic E-state index is 0.107. The number of benzene rings is 1. The van der Waals surface area contributed by atoms with E-state index in [1.165, 1.54) is 22.5 Å². The van der Waals surface area contributed by atoms with Crippen LogP contribution in [-0.2, 0) is 14.8 Å². The molecule has 2 aliphatic rings. The van der Waals surface area contributed by atoms with Gasteiger partial charge in [0.05, 0.1) is 9.82 Å². The molecule has 2 saturated heterocycles. The van der Waals surface area contributed by atoms with E-state index in [1.54, 1.807) is 4.90 Å². The number of piperidine rings is 2. The molecule has 0 bridgehead atoms. The number of sulfonamides is 1. The van der Waals surface area contributed by atoms with Gasteiger partial charge in [-0.25, -0.2) is 8.42 Å². The van der Waals surface area contributed by atoms with Crippen molar-refractivity contribution in [2.45, 2.75) is 62.4 Å². The van der Waals surface area contributed by atoms with E-state index in [4.69, 9.17) is 0 Å². The third kappa shape index (κ3) is 3.98. The summed E-state index contributed by atoms with van der Waals surface area (Å²) in [6.45, 7) is 2.91. The Morgan fingerprint density at radius 1 is 1.15 bits per heavy atom. The maximum atomic E-state index is 13.2. The smallest absolute Gasteiger partial charge is 0.270 e. The molecule has 1 aromatic rings. The first-order valence-electron chi connectivity index (χ1n) is 9.39. The molecule has 0 spiro atoms. The van der Waals surface area contributed by atoms with E-state index < -0.39 is 21.0 Å². The summed E-state index contributed by atoms with van der Waals surface area (Å²) in [4.78, 5) is 25.2. The highest BCUT2D eigenvalue weighted by Crippen LogP contribution is 2.29. The zero-order valence-corrected chi connectivity index (χ0v) is 16.2. The van der Waals surface area contributed by atoms with Crippen LogP contribution in [0.2, 0.25) is 0 Å². The topological polar surface area (TPSA) is 101 Å². The lowest BCUT2D eigenvalue weighted by Gasteiger charge is -2.40. The third-order valence-corrected chi connectivity index (χ3v) is 7.36. The molecule has 148 valence electrons. The lowest BCUT2D eigenvalue weighted by atomic mass is 9.99. The zero-order chi connectivity index (χ0) is 19.6. The lowest BCUT2D eigenvalue weighted by Crippen LogP contribution is -2.55. The number of amides is 1. The number of nitrogens with zero attached hydrogens (tertiary/aromatic N) is 3. The largest absolute Gasteiger partial charge is 0.339 e. The van der Waals surface area contributed by atoms with E-state index in [2.05, 4.69) is 0 Å². The molecular formula is C18H25N3O5S. The minimum Gasteiger partial charge on any atom is -0.339 e. The fourth-order valence-electron chi connectivity index (χ4n) is 3.95. The van der Waals surface area contributed by atoms with Crippen molar-refractivity contribution in [2.24, 2.45) is 0 Å². The fourth-order valence-corrected chi connectivity index (χ4v) is 5.64. The molecule has 3 rings (SSSR count). The summed E-state index contributed by atoms with van der Waals surface area (Å²) in [5, 5.41) is 11.0. The highest BCUT2D eigenvalue weighted by molar-refractivity contribution is 7.89. The first kappa shape index (κ1) is 19.8. The van der Waals surface area contributed by atoms with Crippen LogP contribution >= 0.6 is 0 Å². The van der Waals surface area contributed by atoms with Crippen molar-refractivity contribution in [3.05, 3.63) is 34.4 Å². The van der Waals surface area contributed by atoms with E-state index in [0.717, 1.165) is 31.7 Å². The summed E-state index contributed by atoms with van der Waals surface area (Å²) in [6, 6.07) is 4.40. The summed E-state index contributed by atoms with van der Waals surface area (Å²) in [5.41, 5.74) is -0.277. The second-order valence-corrected chi connectivity index (χ2v) is 9.15. The van der Waals surface area contributed by atoms with Gasteiger partial charge in [-0.2, -0.15) is 4.31 Å². The standard InChI is InChI=1S/C18H25N3O5S/c1-14-7-2-4-11-19(14)18(22)17-10-3-5-12-20(17)27(25,26)16-9-6-8-15(13-16)21(23)24/h6,8-9,13-14,17H,2-5,7,10-12H2,1H3/t14-,17+/m0/s1. The predicted molar refractivity (Wildman–Crippen MR) is 99.7 cm³/mol. The Labute approximate surface area is 159 Å². The maximum absolute atomic E-state index is 13.2. The van der Waals surface area contributed by atoms with Gasteiger partial charge in [-0.05, 0) is 45.1 Å². The average Bonchev–Trinajstić information content (AvgIpc) is 2.68. The summed E-state index contributed by atoms with van der Waals surface area (Å²) >= 11 is 0. The summed E-state index contributed by atoms with van der Waals surface area (Å²) in [5.74, 6) is -0.143. The molecule has 0 aromatic heterocycles. The molecule has 2 heterocycles. The number of non-ortho nitro benzene ring substituents is 1. The van der Waals surface area contributed by atoms with Crippen molar-refractivity contribution in [3.63, 3.8) is 0 Å². The number of hydrogen-bond acceptors (Lipinski definition) is 5. The highest BCUT2D eigenvalue weighted by Gasteiger charge is 2.41. The predicted octanol–water partition coefficient (Wildman–Crippen LogP) is 2.54. The number of hydrogen-bond donors (Lipinski definition) is 0. The first-order chi connectivity index (χ1) is 12.8. The van der Waals surface area contributed by atoms with Gasteiger partial charge in [0.25, 0.3) is 5.69 Å². The van der Waals surface area contributed by atoms with Gasteiger partial charge in [-0.1, -0.05) is 12.5 Å². The Bertz CT molecular complexity index is 826. The Morgan fingerprint density at radius 2 is 1.85 bits per heavy atom. The molecule has 27 heavy (non-hydrogen) atoms. The van der Waals surface area contributed by atoms with E-state index in [9.17, 15) is 23.3 Å². The second-order valence-electron chi connectivity index (χ2n) is 7.26. The molecule has 9 heteroatoms. The van der Waals surface area contributed by atoms with Gasteiger partial charge < -0.3 is 4.90 Å². The van der Waals surface area contributed by atoms with Crippen molar-refractivity contribution in [1.29, 1.82) is 0 Å². The maximum Gasteiger partial charge on any atom is 0.270 e. The van der Waals surface area contributed by atoms with Crippen LogP contribution in [0.1, 0.15) is 45.4 Å². The van der Waals surface area contributed by atoms with Gasteiger partial charge >= 0.3 is 0 Å². The molecular weight excluding hydrogens is 370 g/mol. The zero-order valence-electron chi connectivity index (χ0n) is 15.4. The van der Waals surface area contributed by atoms with Crippen LogP contribution in [0.15, 0.2) is 29.2 Å². The molecule has 0 N–H and O–H groups in total. The number of carbonyl (C=O) groups is 1. The summed E-state index contributed by atoms with van der Waals surface area (Å²) in [7, 11) is -3.99. The van der Waals surface area contributed by atoms with Crippen molar-refractivity contribution >= 4 is 21.6 Å². The molecule has 2 fully saturated rings. The number of nitro benzene ring substituents is 1. The quantitative estimate of drug-likeness (QED) is 0.576. The number of rotatable bonds is 4. The molecule has 0 unspecified atom stereocenters. The molecule has 0 saturated carbocycles. The third-order valence-electron chi connectivity index (χ3n) is 5.46. The van der Waals surface area contributed by atoms with E-state index in [0.29, 0.717) is 19.4 Å². The van der Waals surface area contributed by atoms with Crippen molar-refractivity contribution in [3.8, 4) is 0 Å². The molecule has 1 aromatic carbocycles. The fraction of sp³-hybridized carbons (Fsp3) is 0.611. The van der Waals surface area contributed by atoms with E-state index in [1.807, 2.05) is 6.92 Å². The normalized spacial score (nSPS) is 24.6. The summed E-state index contributed by atoms with van der Waals surface area (Å²) < 4.78 is 27.6. The first-order valence-corrected chi connectivity index (χ1v) is 10.8. The van der Waals surface area contributed by atoms with Gasteiger partial charge in [0.15, 0.2) is 0 Å². The number of likely N-dealkylation sites (tertiary alicyclic amines) is 1. The van der Waals surface area contributed by atoms with Gasteiger partial charge in [0, 0.05) is 31.3 Å². The Kier molecular flexibility index (Phi) is 5.81. The minimum atomic E-state index is -3.99. The lowest BCUT2D eigenvalue weighted by molar-refractivity contribution is -0.385. The van der Waals surface area contributed by atoms with Crippen LogP contribution in [0, 0.1) is 10.1 Å². The summed E-state index contributed by atoms with van der Waals surface area (Å²) in [6.07, 6.45) is 4.88. The van der Waals surface area contributed by atoms with Crippen LogP contribution in [0.4, 0.5) is 5.69 Å².